The van der Waals surface area contributed by atoms with E-state index in [4.69, 9.17) is 24.8 Å². The third-order valence-corrected chi connectivity index (χ3v) is 9.20. The Kier molecular flexibility index (Phi) is 35.2. The van der Waals surface area contributed by atoms with Gasteiger partial charge in [-0.3, -0.25) is 23.4 Å². The molecule has 0 amide bonds. The van der Waals surface area contributed by atoms with Gasteiger partial charge in [0.1, 0.15) is 12.6 Å². The Morgan fingerprint density at radius 2 is 1.04 bits per heavy atom. The normalized spacial score (nSPS) is 14.4. The molecule has 54 heavy (non-hydrogen) atoms. The Labute approximate surface area is 326 Å². The molecule has 0 aromatic carbocycles. The predicted molar refractivity (Wildman–Crippen MR) is 217 cm³/mol. The number of hydrogen-bond donors (Lipinski definition) is 3. The molecule has 310 valence electrons. The Balaban J connectivity index is 4.47. The molecule has 0 aliphatic carbocycles. The molecule has 0 aliphatic heterocycles. The standard InChI is InChI=1S/C42H72NO10P/c1-3-5-7-9-11-13-15-17-19-21-23-25-27-29-31-33-40(44)50-35-38(36-51-54(48,49)52-37-39(43)42(46)47)53-41(45)34-32-30-28-26-24-22-20-18-16-14-12-10-8-6-4-2/h6,8,11-14,17-20,38-39H,3-5,7,9-10,15-16,21-37,43H2,1-2H3,(H,46,47)(H,48,49). The number of phosphoric acid groups is 1. The van der Waals surface area contributed by atoms with Crippen molar-refractivity contribution in [1.29, 1.82) is 0 Å². The van der Waals surface area contributed by atoms with E-state index >= 15 is 0 Å². The first-order valence-electron chi connectivity index (χ1n) is 20.3. The van der Waals surface area contributed by atoms with Crippen LogP contribution in [0.3, 0.4) is 0 Å². The van der Waals surface area contributed by atoms with Gasteiger partial charge in [0.05, 0.1) is 13.2 Å². The van der Waals surface area contributed by atoms with Crippen LogP contribution < -0.4 is 5.73 Å². The predicted octanol–water partition coefficient (Wildman–Crippen LogP) is 10.4. The highest BCUT2D eigenvalue weighted by atomic mass is 31.2. The molecule has 3 atom stereocenters. The SMILES string of the molecule is CCC=CCC=CCC=CCCCCCCCC(=O)OC(COC(=O)CCCCCCCC=CCC=CCCCCC)COP(=O)(O)OCC(N)C(=O)O. The van der Waals surface area contributed by atoms with Crippen LogP contribution in [0.2, 0.25) is 0 Å². The van der Waals surface area contributed by atoms with Crippen molar-refractivity contribution in [2.24, 2.45) is 5.73 Å². The first-order valence-corrected chi connectivity index (χ1v) is 21.8. The first kappa shape index (κ1) is 51.2. The molecule has 0 spiro atoms. The van der Waals surface area contributed by atoms with Crippen LogP contribution >= 0.6 is 7.82 Å². The van der Waals surface area contributed by atoms with Gasteiger partial charge in [-0.15, -0.1) is 0 Å². The summed E-state index contributed by atoms with van der Waals surface area (Å²) >= 11 is 0. The lowest BCUT2D eigenvalue weighted by molar-refractivity contribution is -0.161. The maximum Gasteiger partial charge on any atom is 0.472 e. The summed E-state index contributed by atoms with van der Waals surface area (Å²) in [5.41, 5.74) is 5.32. The highest BCUT2D eigenvalue weighted by molar-refractivity contribution is 7.47. The quantitative estimate of drug-likeness (QED) is 0.0237. The second kappa shape index (κ2) is 37.1. The van der Waals surface area contributed by atoms with Crippen LogP contribution in [0.4, 0.5) is 0 Å². The molecule has 0 aromatic heterocycles. The molecule has 0 rings (SSSR count). The molecule has 0 aromatic rings. The summed E-state index contributed by atoms with van der Waals surface area (Å²) in [6, 6.07) is -1.53. The van der Waals surface area contributed by atoms with Gasteiger partial charge in [0.15, 0.2) is 6.10 Å². The molecule has 4 N–H and O–H groups in total. The fourth-order valence-electron chi connectivity index (χ4n) is 5.05. The molecule has 0 heterocycles. The number of nitrogens with two attached hydrogens (primary N) is 1. The number of carboxylic acids is 1. The van der Waals surface area contributed by atoms with Gasteiger partial charge in [0.2, 0.25) is 0 Å². The van der Waals surface area contributed by atoms with Crippen LogP contribution in [0, 0.1) is 0 Å². The fourth-order valence-corrected chi connectivity index (χ4v) is 5.83. The summed E-state index contributed by atoms with van der Waals surface area (Å²) in [4.78, 5) is 45.9. The third-order valence-electron chi connectivity index (χ3n) is 8.25. The van der Waals surface area contributed by atoms with Gasteiger partial charge in [0.25, 0.3) is 0 Å². The van der Waals surface area contributed by atoms with E-state index in [-0.39, 0.29) is 19.4 Å². The number of unbranched alkanes of at least 4 members (excludes halogenated alkanes) is 13. The topological polar surface area (TPSA) is 172 Å². The van der Waals surface area contributed by atoms with Crippen LogP contribution in [0.1, 0.15) is 155 Å². The van der Waals surface area contributed by atoms with Crippen molar-refractivity contribution < 1.29 is 47.5 Å². The summed E-state index contributed by atoms with van der Waals surface area (Å²) in [5, 5.41) is 8.87. The van der Waals surface area contributed by atoms with E-state index in [1.54, 1.807) is 0 Å². The summed E-state index contributed by atoms with van der Waals surface area (Å²) in [6.07, 6.45) is 41.4. The number of esters is 2. The first-order chi connectivity index (χ1) is 26.1. The Morgan fingerprint density at radius 1 is 0.593 bits per heavy atom. The Hall–Kier alpha value is -2.82. The number of allylic oxidation sites excluding steroid dienone is 10. The minimum absolute atomic E-state index is 0.136. The number of hydrogen-bond acceptors (Lipinski definition) is 9. The Bertz CT molecular complexity index is 1150. The lowest BCUT2D eigenvalue weighted by Gasteiger charge is -2.20. The van der Waals surface area contributed by atoms with E-state index in [1.807, 2.05) is 0 Å². The maximum atomic E-state index is 12.6. The van der Waals surface area contributed by atoms with Crippen LogP contribution in [-0.4, -0.2) is 59.9 Å². The molecule has 0 bridgehead atoms. The minimum atomic E-state index is -4.72. The van der Waals surface area contributed by atoms with E-state index in [9.17, 15) is 23.8 Å². The van der Waals surface area contributed by atoms with Crippen molar-refractivity contribution in [2.45, 2.75) is 167 Å². The number of aliphatic carboxylic acids is 1. The van der Waals surface area contributed by atoms with Gasteiger partial charge < -0.3 is 25.2 Å². The minimum Gasteiger partial charge on any atom is -0.480 e. The second-order valence-electron chi connectivity index (χ2n) is 13.4. The molecule has 0 saturated heterocycles. The van der Waals surface area contributed by atoms with Crippen LogP contribution in [-0.2, 0) is 37.5 Å². The van der Waals surface area contributed by atoms with Gasteiger partial charge in [-0.05, 0) is 77.0 Å². The molecular formula is C42H72NO10P. The zero-order valence-corrected chi connectivity index (χ0v) is 34.2. The van der Waals surface area contributed by atoms with Crippen molar-refractivity contribution in [2.75, 3.05) is 19.8 Å². The van der Waals surface area contributed by atoms with E-state index in [0.717, 1.165) is 96.3 Å². The highest BCUT2D eigenvalue weighted by Gasteiger charge is 2.28. The van der Waals surface area contributed by atoms with Crippen molar-refractivity contribution in [3.05, 3.63) is 60.8 Å². The van der Waals surface area contributed by atoms with Gasteiger partial charge in [-0.2, -0.15) is 0 Å². The molecule has 0 fully saturated rings. The van der Waals surface area contributed by atoms with Crippen molar-refractivity contribution in [3.8, 4) is 0 Å². The molecule has 3 unspecified atom stereocenters. The summed E-state index contributed by atoms with van der Waals surface area (Å²) < 4.78 is 32.6. The van der Waals surface area contributed by atoms with E-state index < -0.39 is 51.1 Å². The third kappa shape index (κ3) is 36.2. The monoisotopic (exact) mass is 781 g/mol. The highest BCUT2D eigenvalue weighted by Crippen LogP contribution is 2.43. The zero-order chi connectivity index (χ0) is 40.0. The number of carboxylic acid groups (broad SMARTS) is 1. The van der Waals surface area contributed by atoms with E-state index in [2.05, 4.69) is 79.1 Å². The lowest BCUT2D eigenvalue weighted by Crippen LogP contribution is -2.34. The van der Waals surface area contributed by atoms with Gasteiger partial charge in [-0.25, -0.2) is 4.57 Å². The molecule has 0 aliphatic rings. The summed E-state index contributed by atoms with van der Waals surface area (Å²) in [7, 11) is -4.72. The molecule has 0 radical (unpaired) electrons. The van der Waals surface area contributed by atoms with Gasteiger partial charge in [0, 0.05) is 12.8 Å². The molecular weight excluding hydrogens is 709 g/mol. The lowest BCUT2D eigenvalue weighted by atomic mass is 10.1. The molecule has 11 nitrogen and oxygen atoms in total. The van der Waals surface area contributed by atoms with Crippen LogP contribution in [0.5, 0.6) is 0 Å². The fraction of sp³-hybridized carbons (Fsp3) is 0.690. The average molecular weight is 782 g/mol. The van der Waals surface area contributed by atoms with Crippen LogP contribution in [0.25, 0.3) is 0 Å². The van der Waals surface area contributed by atoms with Gasteiger partial charge in [-0.1, -0.05) is 126 Å². The van der Waals surface area contributed by atoms with E-state index in [1.165, 1.54) is 19.3 Å². The van der Waals surface area contributed by atoms with Crippen molar-refractivity contribution in [1.82, 2.24) is 0 Å². The number of phosphoric ester groups is 1. The number of carbonyl (C=O) groups is 3. The zero-order valence-electron chi connectivity index (χ0n) is 33.3. The Morgan fingerprint density at radius 3 is 1.56 bits per heavy atom. The molecule has 12 heteroatoms. The second-order valence-corrected chi connectivity index (χ2v) is 14.8. The van der Waals surface area contributed by atoms with E-state index in [0.29, 0.717) is 12.8 Å². The van der Waals surface area contributed by atoms with Gasteiger partial charge >= 0.3 is 25.7 Å². The van der Waals surface area contributed by atoms with Crippen LogP contribution in [0.15, 0.2) is 60.8 Å². The molecule has 0 saturated carbocycles. The number of rotatable bonds is 37. The number of carbonyl (C=O) groups excluding carboxylic acids is 2. The smallest absolute Gasteiger partial charge is 0.472 e. The summed E-state index contributed by atoms with van der Waals surface area (Å²) in [5.74, 6) is -2.43. The number of ether oxygens (including phenoxy) is 2. The maximum absolute atomic E-state index is 12.6. The largest absolute Gasteiger partial charge is 0.480 e. The van der Waals surface area contributed by atoms with Crippen molar-refractivity contribution in [3.63, 3.8) is 0 Å². The average Bonchev–Trinajstić information content (AvgIpc) is 3.14. The summed E-state index contributed by atoms with van der Waals surface area (Å²) in [6.45, 7) is 2.61. The van der Waals surface area contributed by atoms with Crippen molar-refractivity contribution >= 4 is 25.7 Å².